The van der Waals surface area contributed by atoms with Gasteiger partial charge in [0.05, 0.1) is 30.1 Å². The molecule has 6 atom stereocenters. The van der Waals surface area contributed by atoms with Crippen LogP contribution >= 0.6 is 23.5 Å². The maximum Gasteiger partial charge on any atom is 0.315 e. The topological polar surface area (TPSA) is 120 Å². The fourth-order valence-corrected chi connectivity index (χ4v) is 7.90. The van der Waals surface area contributed by atoms with E-state index >= 15 is 0 Å². The monoisotopic (exact) mass is 428 g/mol. The summed E-state index contributed by atoms with van der Waals surface area (Å²) in [4.78, 5) is 34.6. The molecular weight excluding hydrogens is 400 g/mol. The van der Waals surface area contributed by atoms with Crippen LogP contribution in [0.25, 0.3) is 0 Å². The molecule has 8 nitrogen and oxygen atoms in total. The van der Waals surface area contributed by atoms with Gasteiger partial charge in [-0.3, -0.25) is 4.79 Å². The maximum atomic E-state index is 11.7. The number of hydrogen-bond donors (Lipinski definition) is 5. The Kier molecular flexibility index (Phi) is 6.15. The lowest BCUT2D eigenvalue weighted by atomic mass is 9.93. The Morgan fingerprint density at radius 2 is 1.36 bits per heavy atom. The second-order valence-corrected chi connectivity index (χ2v) is 10.7. The van der Waals surface area contributed by atoms with E-state index < -0.39 is 5.97 Å². The van der Waals surface area contributed by atoms with Crippen molar-refractivity contribution in [1.29, 1.82) is 0 Å². The smallest absolute Gasteiger partial charge is 0.315 e. The molecule has 0 aromatic carbocycles. The summed E-state index contributed by atoms with van der Waals surface area (Å²) in [6, 6.07) is 0.646. The molecule has 0 aromatic heterocycles. The number of fused-ring (bicyclic) bond motifs is 2. The van der Waals surface area contributed by atoms with Crippen LogP contribution in [0.4, 0.5) is 9.59 Å². The fourth-order valence-electron chi connectivity index (χ4n) is 4.81. The Labute approximate surface area is 173 Å². The van der Waals surface area contributed by atoms with Gasteiger partial charge in [0, 0.05) is 22.0 Å². The summed E-state index contributed by atoms with van der Waals surface area (Å²) in [6.07, 6.45) is 5.00. The van der Waals surface area contributed by atoms with Gasteiger partial charge in [-0.1, -0.05) is 12.8 Å². The van der Waals surface area contributed by atoms with Gasteiger partial charge in [-0.15, -0.1) is 0 Å². The lowest BCUT2D eigenvalue weighted by Gasteiger charge is -2.19. The van der Waals surface area contributed by atoms with Crippen molar-refractivity contribution in [3.05, 3.63) is 0 Å². The van der Waals surface area contributed by atoms with Crippen LogP contribution in [-0.4, -0.2) is 69.3 Å². The van der Waals surface area contributed by atoms with Gasteiger partial charge in [-0.25, -0.2) is 9.59 Å². The van der Waals surface area contributed by atoms with Crippen molar-refractivity contribution >= 4 is 41.6 Å². The van der Waals surface area contributed by atoms with Gasteiger partial charge in [0.25, 0.3) is 0 Å². The van der Waals surface area contributed by atoms with Crippen LogP contribution in [0.2, 0.25) is 0 Å². The highest BCUT2D eigenvalue weighted by atomic mass is 32.2. The summed E-state index contributed by atoms with van der Waals surface area (Å²) in [6.45, 7) is 0. The molecule has 5 N–H and O–H groups in total. The van der Waals surface area contributed by atoms with E-state index in [2.05, 4.69) is 21.3 Å². The molecule has 4 rings (SSSR count). The molecular formula is C18H28N4O4S2. The Bertz CT molecular complexity index is 591. The van der Waals surface area contributed by atoms with Crippen LogP contribution in [-0.2, 0) is 4.79 Å². The van der Waals surface area contributed by atoms with Crippen molar-refractivity contribution in [2.24, 2.45) is 5.92 Å². The predicted molar refractivity (Wildman–Crippen MR) is 110 cm³/mol. The van der Waals surface area contributed by atoms with Gasteiger partial charge in [-0.2, -0.15) is 23.5 Å². The quantitative estimate of drug-likeness (QED) is 0.354. The Morgan fingerprint density at radius 1 is 0.893 bits per heavy atom. The summed E-state index contributed by atoms with van der Waals surface area (Å²) in [5.74, 6) is 0.851. The molecule has 4 saturated heterocycles. The van der Waals surface area contributed by atoms with Crippen LogP contribution in [0, 0.1) is 5.92 Å². The predicted octanol–water partition coefficient (Wildman–Crippen LogP) is 1.36. The van der Waals surface area contributed by atoms with E-state index in [0.29, 0.717) is 23.3 Å². The molecule has 0 aromatic rings. The number of amides is 4. The number of nitrogens with one attached hydrogen (secondary N) is 4. The molecule has 0 radical (unpaired) electrons. The first-order valence-electron chi connectivity index (χ1n) is 10.1. The SMILES string of the molecule is O=C1N[C@H]2[C@H](CS[C@H]2CCCC(CCC[C@@H]2SC[C@@H]3NC(=O)N[C@@H]32)C(=O)O)N1. The van der Waals surface area contributed by atoms with Gasteiger partial charge >= 0.3 is 18.0 Å². The van der Waals surface area contributed by atoms with E-state index in [0.717, 1.165) is 37.2 Å². The molecule has 4 amide bonds. The number of carboxylic acid groups (broad SMARTS) is 1. The van der Waals surface area contributed by atoms with E-state index in [4.69, 9.17) is 0 Å². The molecule has 0 aliphatic carbocycles. The summed E-state index contributed by atoms with van der Waals surface area (Å²) < 4.78 is 0. The van der Waals surface area contributed by atoms with Crippen molar-refractivity contribution in [2.75, 3.05) is 11.5 Å². The van der Waals surface area contributed by atoms with Crippen LogP contribution in [0.1, 0.15) is 38.5 Å². The van der Waals surface area contributed by atoms with Gasteiger partial charge in [-0.05, 0) is 25.7 Å². The van der Waals surface area contributed by atoms with Gasteiger partial charge in [0.15, 0.2) is 0 Å². The van der Waals surface area contributed by atoms with Gasteiger partial charge in [0.2, 0.25) is 0 Å². The molecule has 4 fully saturated rings. The maximum absolute atomic E-state index is 11.7. The lowest BCUT2D eigenvalue weighted by Crippen LogP contribution is -2.37. The Balaban J connectivity index is 1.17. The third kappa shape index (κ3) is 4.32. The number of carbonyl (C=O) groups excluding carboxylic acids is 2. The summed E-state index contributed by atoms with van der Waals surface area (Å²) in [5, 5.41) is 22.2. The molecule has 10 heteroatoms. The number of hydrogen-bond acceptors (Lipinski definition) is 5. The lowest BCUT2D eigenvalue weighted by molar-refractivity contribution is -0.142. The van der Waals surface area contributed by atoms with Gasteiger partial charge < -0.3 is 26.4 Å². The molecule has 0 spiro atoms. The van der Waals surface area contributed by atoms with E-state index in [-0.39, 0.29) is 42.1 Å². The number of thioether (sulfide) groups is 2. The number of urea groups is 2. The minimum absolute atomic E-state index is 0.0793. The van der Waals surface area contributed by atoms with E-state index in [1.807, 2.05) is 23.5 Å². The van der Waals surface area contributed by atoms with E-state index in [1.54, 1.807) is 0 Å². The summed E-state index contributed by atoms with van der Waals surface area (Å²) in [7, 11) is 0. The molecule has 28 heavy (non-hydrogen) atoms. The first kappa shape index (κ1) is 20.0. The number of aliphatic carboxylic acids is 1. The first-order valence-corrected chi connectivity index (χ1v) is 12.2. The van der Waals surface area contributed by atoms with Crippen molar-refractivity contribution in [2.45, 2.75) is 73.2 Å². The molecule has 4 aliphatic rings. The van der Waals surface area contributed by atoms with E-state index in [9.17, 15) is 19.5 Å². The average Bonchev–Trinajstić information content (AvgIpc) is 3.36. The van der Waals surface area contributed by atoms with Crippen molar-refractivity contribution in [1.82, 2.24) is 21.3 Å². The van der Waals surface area contributed by atoms with Crippen LogP contribution in [0.5, 0.6) is 0 Å². The summed E-state index contributed by atoms with van der Waals surface area (Å²) >= 11 is 3.74. The zero-order chi connectivity index (χ0) is 19.7. The van der Waals surface area contributed by atoms with Crippen LogP contribution in [0.15, 0.2) is 0 Å². The highest BCUT2D eigenvalue weighted by molar-refractivity contribution is 8.00. The van der Waals surface area contributed by atoms with Crippen molar-refractivity contribution in [3.8, 4) is 0 Å². The third-order valence-electron chi connectivity index (χ3n) is 6.31. The highest BCUT2D eigenvalue weighted by Gasteiger charge is 2.43. The minimum Gasteiger partial charge on any atom is -0.481 e. The molecule has 0 bridgehead atoms. The normalized spacial score (nSPS) is 35.9. The number of carbonyl (C=O) groups is 3. The largest absolute Gasteiger partial charge is 0.481 e. The van der Waals surface area contributed by atoms with Crippen LogP contribution < -0.4 is 21.3 Å². The van der Waals surface area contributed by atoms with Crippen molar-refractivity contribution < 1.29 is 19.5 Å². The number of carboxylic acids is 1. The molecule has 0 saturated carbocycles. The standard InChI is InChI=1S/C18H28N4O4S2/c23-16(24)9(3-1-5-12-14-10(7-27-12)19-17(25)21-14)4-2-6-13-15-11(8-28-13)20-18(26)22-15/h9-15H,1-8H2,(H,23,24)(H2,19,21,25)(H2,20,22,26)/t10-,11-,12-,13-,14-,15-/m0/s1. The fraction of sp³-hybridized carbons (Fsp3) is 0.833. The minimum atomic E-state index is -0.708. The Morgan fingerprint density at radius 3 is 1.79 bits per heavy atom. The molecule has 4 aliphatic heterocycles. The summed E-state index contributed by atoms with van der Waals surface area (Å²) in [5.41, 5.74) is 0. The zero-order valence-electron chi connectivity index (χ0n) is 15.7. The van der Waals surface area contributed by atoms with Gasteiger partial charge in [0.1, 0.15) is 0 Å². The van der Waals surface area contributed by atoms with E-state index in [1.165, 1.54) is 0 Å². The first-order chi connectivity index (χ1) is 13.5. The molecule has 4 heterocycles. The van der Waals surface area contributed by atoms with Crippen LogP contribution in [0.3, 0.4) is 0 Å². The second-order valence-electron chi connectivity index (χ2n) is 8.14. The molecule has 0 unspecified atom stereocenters. The van der Waals surface area contributed by atoms with Crippen molar-refractivity contribution in [3.63, 3.8) is 0 Å². The average molecular weight is 429 g/mol. The number of rotatable bonds is 9. The highest BCUT2D eigenvalue weighted by Crippen LogP contribution is 2.35. The molecule has 156 valence electrons. The Hall–Kier alpha value is -1.29. The zero-order valence-corrected chi connectivity index (χ0v) is 17.3. The second kappa shape index (κ2) is 8.61. The third-order valence-corrected chi connectivity index (χ3v) is 9.33.